The van der Waals surface area contributed by atoms with Gasteiger partial charge in [-0.25, -0.2) is 4.98 Å². The van der Waals surface area contributed by atoms with Gasteiger partial charge >= 0.3 is 0 Å². The summed E-state index contributed by atoms with van der Waals surface area (Å²) in [5.74, 6) is 1.31. The van der Waals surface area contributed by atoms with E-state index in [-0.39, 0.29) is 5.84 Å². The van der Waals surface area contributed by atoms with Gasteiger partial charge in [0.05, 0.1) is 12.1 Å². The number of hydrogen-bond acceptors (Lipinski definition) is 4. The highest BCUT2D eigenvalue weighted by atomic mass is 35.5. The third-order valence-corrected chi connectivity index (χ3v) is 3.50. The Labute approximate surface area is 128 Å². The Balaban J connectivity index is 2.31. The molecule has 1 heterocycles. The van der Waals surface area contributed by atoms with E-state index in [0.29, 0.717) is 22.9 Å². The number of benzene rings is 1. The Kier molecular flexibility index (Phi) is 4.65. The molecule has 0 fully saturated rings. The molecule has 21 heavy (non-hydrogen) atoms. The van der Waals surface area contributed by atoms with Crippen LogP contribution in [0.2, 0.25) is 5.02 Å². The molecule has 0 aliphatic carbocycles. The maximum Gasteiger partial charge on any atom is 0.148 e. The minimum Gasteiger partial charge on any atom is -0.496 e. The molecule has 1 aromatic carbocycles. The topological polar surface area (TPSA) is 75.2 Å². The molecule has 0 saturated heterocycles. The van der Waals surface area contributed by atoms with Crippen LogP contribution >= 0.6 is 11.6 Å². The summed E-state index contributed by atoms with van der Waals surface area (Å²) < 4.78 is 5.34. The minimum absolute atomic E-state index is 0.0747. The lowest BCUT2D eigenvalue weighted by Gasteiger charge is -2.21. The number of halogens is 1. The summed E-state index contributed by atoms with van der Waals surface area (Å²) in [7, 11) is 3.52. The van der Waals surface area contributed by atoms with Crippen LogP contribution in [0.25, 0.3) is 0 Å². The highest BCUT2D eigenvalue weighted by Crippen LogP contribution is 2.28. The number of nitrogens with one attached hydrogen (secondary N) is 1. The molecule has 0 spiro atoms. The van der Waals surface area contributed by atoms with Gasteiger partial charge in [-0.3, -0.25) is 5.41 Å². The van der Waals surface area contributed by atoms with Gasteiger partial charge in [-0.1, -0.05) is 29.8 Å². The Morgan fingerprint density at radius 1 is 1.38 bits per heavy atom. The van der Waals surface area contributed by atoms with Gasteiger partial charge in [-0.05, 0) is 12.1 Å². The van der Waals surface area contributed by atoms with Gasteiger partial charge in [-0.15, -0.1) is 0 Å². The average Bonchev–Trinajstić information content (AvgIpc) is 2.47. The first kappa shape index (κ1) is 15.1. The van der Waals surface area contributed by atoms with Crippen molar-refractivity contribution >= 4 is 23.3 Å². The van der Waals surface area contributed by atoms with Crippen LogP contribution in [0.15, 0.2) is 36.5 Å². The SMILES string of the molecule is COc1ccccc1CN(C)c1nccc(C(=N)N)c1Cl. The van der Waals surface area contributed by atoms with Crippen LogP contribution in [0, 0.1) is 5.41 Å². The van der Waals surface area contributed by atoms with E-state index in [9.17, 15) is 0 Å². The third kappa shape index (κ3) is 3.25. The number of anilines is 1. The first-order valence-electron chi connectivity index (χ1n) is 6.36. The predicted octanol–water partition coefficient (Wildman–Crippen LogP) is 2.66. The lowest BCUT2D eigenvalue weighted by molar-refractivity contribution is 0.409. The summed E-state index contributed by atoms with van der Waals surface area (Å²) in [6, 6.07) is 9.39. The summed E-state index contributed by atoms with van der Waals surface area (Å²) in [6.45, 7) is 0.581. The first-order chi connectivity index (χ1) is 10.0. The number of nitrogen functional groups attached to an aromatic ring is 1. The van der Waals surface area contributed by atoms with Gasteiger partial charge in [0.2, 0.25) is 0 Å². The van der Waals surface area contributed by atoms with Gasteiger partial charge < -0.3 is 15.4 Å². The standard InChI is InChI=1S/C15H17ClN4O/c1-20(9-10-5-3-4-6-12(10)21-2)15-13(16)11(14(17)18)7-8-19-15/h3-8H,9H2,1-2H3,(H3,17,18). The molecule has 5 nitrogen and oxygen atoms in total. The second-order valence-electron chi connectivity index (χ2n) is 4.58. The number of para-hydroxylation sites is 1. The first-order valence-corrected chi connectivity index (χ1v) is 6.74. The van der Waals surface area contributed by atoms with Crippen molar-refractivity contribution in [3.05, 3.63) is 52.7 Å². The number of ether oxygens (including phenoxy) is 1. The van der Waals surface area contributed by atoms with Gasteiger partial charge in [0.1, 0.15) is 17.4 Å². The van der Waals surface area contributed by atoms with Crippen LogP contribution in [0.5, 0.6) is 5.75 Å². The van der Waals surface area contributed by atoms with E-state index in [0.717, 1.165) is 11.3 Å². The number of aromatic nitrogens is 1. The molecule has 0 atom stereocenters. The monoisotopic (exact) mass is 304 g/mol. The van der Waals surface area contributed by atoms with E-state index in [1.165, 1.54) is 0 Å². The van der Waals surface area contributed by atoms with Crippen molar-refractivity contribution in [2.75, 3.05) is 19.1 Å². The van der Waals surface area contributed by atoms with Crippen LogP contribution in [0.1, 0.15) is 11.1 Å². The molecule has 0 radical (unpaired) electrons. The molecular formula is C15H17ClN4O. The second-order valence-corrected chi connectivity index (χ2v) is 4.96. The Bertz CT molecular complexity index is 660. The molecule has 6 heteroatoms. The molecule has 0 bridgehead atoms. The molecule has 2 rings (SSSR count). The van der Waals surface area contributed by atoms with Gasteiger partial charge in [0.15, 0.2) is 0 Å². The van der Waals surface area contributed by atoms with E-state index in [1.54, 1.807) is 19.4 Å². The van der Waals surface area contributed by atoms with Crippen LogP contribution in [-0.4, -0.2) is 25.0 Å². The van der Waals surface area contributed by atoms with E-state index in [2.05, 4.69) is 4.98 Å². The molecule has 2 aromatic rings. The molecular weight excluding hydrogens is 288 g/mol. The highest BCUT2D eigenvalue weighted by Gasteiger charge is 2.14. The summed E-state index contributed by atoms with van der Waals surface area (Å²) in [4.78, 5) is 6.17. The number of methoxy groups -OCH3 is 1. The minimum atomic E-state index is -0.0747. The molecule has 0 saturated carbocycles. The quantitative estimate of drug-likeness (QED) is 0.658. The number of nitrogens with zero attached hydrogens (tertiary/aromatic N) is 2. The highest BCUT2D eigenvalue weighted by molar-refractivity contribution is 6.36. The summed E-state index contributed by atoms with van der Waals surface area (Å²) in [5, 5.41) is 7.90. The summed E-state index contributed by atoms with van der Waals surface area (Å²) >= 11 is 6.28. The van der Waals surface area contributed by atoms with E-state index in [1.807, 2.05) is 36.2 Å². The predicted molar refractivity (Wildman–Crippen MR) is 85.4 cm³/mol. The maximum absolute atomic E-state index is 7.53. The number of amidine groups is 1. The van der Waals surface area contributed by atoms with Gasteiger partial charge in [0.25, 0.3) is 0 Å². The fourth-order valence-corrected chi connectivity index (χ4v) is 2.43. The van der Waals surface area contributed by atoms with Crippen LogP contribution in [0.3, 0.4) is 0 Å². The zero-order chi connectivity index (χ0) is 15.4. The van der Waals surface area contributed by atoms with Crippen molar-refractivity contribution in [1.82, 2.24) is 4.98 Å². The summed E-state index contributed by atoms with van der Waals surface area (Å²) in [5.41, 5.74) is 7.02. The van der Waals surface area contributed by atoms with Crippen LogP contribution in [-0.2, 0) is 6.54 Å². The Morgan fingerprint density at radius 3 is 2.76 bits per heavy atom. The van der Waals surface area contributed by atoms with Crippen molar-refractivity contribution < 1.29 is 4.74 Å². The normalized spacial score (nSPS) is 10.2. The molecule has 0 unspecified atom stereocenters. The molecule has 0 aliphatic rings. The number of nitrogens with two attached hydrogens (primary N) is 1. The molecule has 3 N–H and O–H groups in total. The molecule has 110 valence electrons. The van der Waals surface area contributed by atoms with Crippen molar-refractivity contribution in [2.45, 2.75) is 6.54 Å². The van der Waals surface area contributed by atoms with Crippen molar-refractivity contribution in [3.63, 3.8) is 0 Å². The molecule has 0 amide bonds. The van der Waals surface area contributed by atoms with Gasteiger partial charge in [-0.2, -0.15) is 0 Å². The number of rotatable bonds is 5. The van der Waals surface area contributed by atoms with Crippen molar-refractivity contribution in [2.24, 2.45) is 5.73 Å². The van der Waals surface area contributed by atoms with Crippen molar-refractivity contribution in [1.29, 1.82) is 5.41 Å². The molecule has 0 aliphatic heterocycles. The summed E-state index contributed by atoms with van der Waals surface area (Å²) in [6.07, 6.45) is 1.59. The Hall–Kier alpha value is -2.27. The Morgan fingerprint density at radius 2 is 2.10 bits per heavy atom. The van der Waals surface area contributed by atoms with E-state index >= 15 is 0 Å². The lowest BCUT2D eigenvalue weighted by Crippen LogP contribution is -2.20. The van der Waals surface area contributed by atoms with E-state index < -0.39 is 0 Å². The second kappa shape index (κ2) is 6.45. The number of hydrogen-bond donors (Lipinski definition) is 2. The van der Waals surface area contributed by atoms with E-state index in [4.69, 9.17) is 27.5 Å². The number of pyridine rings is 1. The average molecular weight is 305 g/mol. The molecule has 1 aromatic heterocycles. The zero-order valence-corrected chi connectivity index (χ0v) is 12.7. The fourth-order valence-electron chi connectivity index (χ4n) is 2.07. The third-order valence-electron chi connectivity index (χ3n) is 3.12. The van der Waals surface area contributed by atoms with Crippen molar-refractivity contribution in [3.8, 4) is 5.75 Å². The zero-order valence-electron chi connectivity index (χ0n) is 11.9. The van der Waals surface area contributed by atoms with Crippen LogP contribution in [0.4, 0.5) is 5.82 Å². The largest absolute Gasteiger partial charge is 0.496 e. The smallest absolute Gasteiger partial charge is 0.148 e. The van der Waals surface area contributed by atoms with Gasteiger partial charge in [0, 0.05) is 30.9 Å². The lowest BCUT2D eigenvalue weighted by atomic mass is 10.2. The maximum atomic E-state index is 7.53. The fraction of sp³-hybridized carbons (Fsp3) is 0.200. The van der Waals surface area contributed by atoms with Crippen LogP contribution < -0.4 is 15.4 Å².